The van der Waals surface area contributed by atoms with Crippen LogP contribution in [0.3, 0.4) is 0 Å². The lowest BCUT2D eigenvalue weighted by Crippen LogP contribution is -2.50. The maximum atomic E-state index is 10.7. The molecule has 1 nitrogen and oxygen atoms in total. The number of hydrogen-bond donors (Lipinski definition) is 1. The normalized spacial score (nSPS) is 43.5. The van der Waals surface area contributed by atoms with Crippen LogP contribution in [0.1, 0.15) is 52.9 Å². The average molecular weight is 220 g/mol. The quantitative estimate of drug-likeness (QED) is 0.666. The number of hydrogen-bond acceptors (Lipinski definition) is 1. The van der Waals surface area contributed by atoms with Crippen molar-refractivity contribution in [1.29, 1.82) is 0 Å². The molecule has 0 aromatic rings. The minimum atomic E-state index is -0.537. The van der Waals surface area contributed by atoms with Gasteiger partial charge in [0.25, 0.3) is 0 Å². The molecule has 2 aliphatic rings. The van der Waals surface area contributed by atoms with Crippen molar-refractivity contribution in [3.8, 4) is 0 Å². The van der Waals surface area contributed by atoms with Gasteiger partial charge >= 0.3 is 0 Å². The van der Waals surface area contributed by atoms with E-state index in [1.54, 1.807) is 0 Å². The Labute approximate surface area is 99.3 Å². The molecule has 3 atom stereocenters. The standard InChI is InChI=1S/C15H24O/c1-11(2)12-7-8-13-6-5-9-15(4,16)14(13,3)10-12/h8,12,16H,1,5-7,9-10H2,2-4H3/t12-,14-,15-/m1/s1. The van der Waals surface area contributed by atoms with Crippen LogP contribution >= 0.6 is 0 Å². The van der Waals surface area contributed by atoms with E-state index in [0.29, 0.717) is 5.92 Å². The molecule has 1 N–H and O–H groups in total. The molecule has 0 aromatic heterocycles. The molecule has 0 saturated heterocycles. The van der Waals surface area contributed by atoms with E-state index in [2.05, 4.69) is 26.5 Å². The van der Waals surface area contributed by atoms with Gasteiger partial charge in [-0.25, -0.2) is 0 Å². The van der Waals surface area contributed by atoms with Crippen molar-refractivity contribution in [3.63, 3.8) is 0 Å². The van der Waals surface area contributed by atoms with Crippen LogP contribution < -0.4 is 0 Å². The molecule has 1 saturated carbocycles. The van der Waals surface area contributed by atoms with Gasteiger partial charge in [-0.05, 0) is 51.9 Å². The first-order chi connectivity index (χ1) is 7.37. The first kappa shape index (κ1) is 11.9. The van der Waals surface area contributed by atoms with Crippen LogP contribution in [0.5, 0.6) is 0 Å². The summed E-state index contributed by atoms with van der Waals surface area (Å²) in [6.07, 6.45) is 7.81. The van der Waals surface area contributed by atoms with Gasteiger partial charge in [-0.3, -0.25) is 0 Å². The van der Waals surface area contributed by atoms with Crippen LogP contribution in [0.4, 0.5) is 0 Å². The number of rotatable bonds is 1. The van der Waals surface area contributed by atoms with Gasteiger partial charge in [0.2, 0.25) is 0 Å². The summed E-state index contributed by atoms with van der Waals surface area (Å²) in [5.74, 6) is 0.554. The first-order valence-electron chi connectivity index (χ1n) is 6.44. The fourth-order valence-electron chi connectivity index (χ4n) is 3.44. The van der Waals surface area contributed by atoms with Crippen molar-refractivity contribution in [1.82, 2.24) is 0 Å². The molecule has 0 aromatic carbocycles. The van der Waals surface area contributed by atoms with Gasteiger partial charge in [0, 0.05) is 5.41 Å². The van der Waals surface area contributed by atoms with Gasteiger partial charge in [0.15, 0.2) is 0 Å². The van der Waals surface area contributed by atoms with Gasteiger partial charge < -0.3 is 5.11 Å². The van der Waals surface area contributed by atoms with Crippen LogP contribution in [0.25, 0.3) is 0 Å². The maximum Gasteiger partial charge on any atom is 0.0710 e. The predicted molar refractivity (Wildman–Crippen MR) is 68.2 cm³/mol. The minimum absolute atomic E-state index is 0.0207. The molecule has 0 heterocycles. The van der Waals surface area contributed by atoms with E-state index in [4.69, 9.17) is 0 Å². The molecule has 2 aliphatic carbocycles. The molecule has 1 fully saturated rings. The molecule has 1 heteroatoms. The Morgan fingerprint density at radius 2 is 2.19 bits per heavy atom. The summed E-state index contributed by atoms with van der Waals surface area (Å²) in [6.45, 7) is 10.5. The van der Waals surface area contributed by atoms with Crippen LogP contribution in [0.15, 0.2) is 23.8 Å². The second-order valence-electron chi connectivity index (χ2n) is 6.17. The highest BCUT2D eigenvalue weighted by atomic mass is 16.3. The second kappa shape index (κ2) is 3.73. The Kier molecular flexibility index (Phi) is 2.78. The van der Waals surface area contributed by atoms with E-state index in [9.17, 15) is 5.11 Å². The summed E-state index contributed by atoms with van der Waals surface area (Å²) in [4.78, 5) is 0. The number of aliphatic hydroxyl groups is 1. The van der Waals surface area contributed by atoms with Crippen molar-refractivity contribution >= 4 is 0 Å². The molecule has 0 unspecified atom stereocenters. The van der Waals surface area contributed by atoms with Crippen molar-refractivity contribution in [2.45, 2.75) is 58.5 Å². The molecule has 2 rings (SSSR count). The zero-order chi connectivity index (χ0) is 12.0. The molecule has 0 amide bonds. The largest absolute Gasteiger partial charge is 0.389 e. The lowest BCUT2D eigenvalue weighted by Gasteiger charge is -2.52. The lowest BCUT2D eigenvalue weighted by atomic mass is 9.56. The van der Waals surface area contributed by atoms with Gasteiger partial charge in [-0.1, -0.05) is 30.7 Å². The van der Waals surface area contributed by atoms with Crippen LogP contribution in [0, 0.1) is 11.3 Å². The highest BCUT2D eigenvalue weighted by Gasteiger charge is 2.50. The van der Waals surface area contributed by atoms with Crippen molar-refractivity contribution in [2.75, 3.05) is 0 Å². The van der Waals surface area contributed by atoms with Crippen molar-refractivity contribution < 1.29 is 5.11 Å². The van der Waals surface area contributed by atoms with Crippen LogP contribution in [-0.4, -0.2) is 10.7 Å². The van der Waals surface area contributed by atoms with E-state index in [1.807, 2.05) is 6.92 Å². The molecule has 0 spiro atoms. The molecule has 0 bridgehead atoms. The van der Waals surface area contributed by atoms with Gasteiger partial charge in [-0.15, -0.1) is 0 Å². The van der Waals surface area contributed by atoms with Gasteiger partial charge in [0.05, 0.1) is 5.60 Å². The molecule has 0 aliphatic heterocycles. The minimum Gasteiger partial charge on any atom is -0.389 e. The summed E-state index contributed by atoms with van der Waals surface area (Å²) in [5, 5.41) is 10.7. The lowest BCUT2D eigenvalue weighted by molar-refractivity contribution is -0.0748. The van der Waals surface area contributed by atoms with E-state index in [-0.39, 0.29) is 5.41 Å². The zero-order valence-corrected chi connectivity index (χ0v) is 10.8. The van der Waals surface area contributed by atoms with Gasteiger partial charge in [0.1, 0.15) is 0 Å². The van der Waals surface area contributed by atoms with Crippen molar-refractivity contribution in [3.05, 3.63) is 23.8 Å². The second-order valence-corrected chi connectivity index (χ2v) is 6.17. The fourth-order valence-corrected chi connectivity index (χ4v) is 3.44. The Balaban J connectivity index is 2.35. The third-order valence-corrected chi connectivity index (χ3v) is 5.01. The zero-order valence-electron chi connectivity index (χ0n) is 10.8. The van der Waals surface area contributed by atoms with Crippen molar-refractivity contribution in [2.24, 2.45) is 11.3 Å². The molecular formula is C15H24O. The Bertz CT molecular complexity index is 337. The summed E-state index contributed by atoms with van der Waals surface area (Å²) < 4.78 is 0. The monoisotopic (exact) mass is 220 g/mol. The first-order valence-corrected chi connectivity index (χ1v) is 6.44. The summed E-state index contributed by atoms with van der Waals surface area (Å²) in [6, 6.07) is 0. The number of allylic oxidation sites excluding steroid dienone is 2. The highest BCUT2D eigenvalue weighted by Crippen LogP contribution is 2.54. The third-order valence-electron chi connectivity index (χ3n) is 5.01. The summed E-state index contributed by atoms with van der Waals surface area (Å²) in [7, 11) is 0. The predicted octanol–water partition coefficient (Wildman–Crippen LogP) is 3.84. The SMILES string of the molecule is C=C(C)[C@@H]1CC=C2CCC[C@@](C)(O)[C@]2(C)C1. The van der Waals surface area contributed by atoms with E-state index < -0.39 is 5.60 Å². The van der Waals surface area contributed by atoms with Crippen LogP contribution in [0.2, 0.25) is 0 Å². The summed E-state index contributed by atoms with van der Waals surface area (Å²) >= 11 is 0. The highest BCUT2D eigenvalue weighted by molar-refractivity contribution is 5.27. The Morgan fingerprint density at radius 3 is 2.81 bits per heavy atom. The average Bonchev–Trinajstić information content (AvgIpc) is 2.18. The maximum absolute atomic E-state index is 10.7. The smallest absolute Gasteiger partial charge is 0.0710 e. The number of fused-ring (bicyclic) bond motifs is 1. The van der Waals surface area contributed by atoms with E-state index in [0.717, 1.165) is 25.7 Å². The Morgan fingerprint density at radius 1 is 1.50 bits per heavy atom. The third kappa shape index (κ3) is 1.66. The topological polar surface area (TPSA) is 20.2 Å². The van der Waals surface area contributed by atoms with E-state index >= 15 is 0 Å². The van der Waals surface area contributed by atoms with Crippen LogP contribution in [-0.2, 0) is 0 Å². The molecule has 16 heavy (non-hydrogen) atoms. The Hall–Kier alpha value is -0.560. The van der Waals surface area contributed by atoms with Gasteiger partial charge in [-0.2, -0.15) is 0 Å². The molecule has 0 radical (unpaired) electrons. The molecular weight excluding hydrogens is 196 g/mol. The van der Waals surface area contributed by atoms with E-state index in [1.165, 1.54) is 17.6 Å². The fraction of sp³-hybridized carbons (Fsp3) is 0.733. The summed E-state index contributed by atoms with van der Waals surface area (Å²) in [5.41, 5.74) is 2.19. The molecule has 90 valence electrons.